The lowest BCUT2D eigenvalue weighted by atomic mass is 9.54. The Labute approximate surface area is 222 Å². The number of fused-ring (bicyclic) bond motifs is 1. The maximum absolute atomic E-state index is 13.7. The Morgan fingerprint density at radius 2 is 1.84 bits per heavy atom. The zero-order valence-corrected chi connectivity index (χ0v) is 23.4. The summed E-state index contributed by atoms with van der Waals surface area (Å²) in [6, 6.07) is 5.05. The van der Waals surface area contributed by atoms with Crippen molar-refractivity contribution >= 4 is 41.1 Å². The molecule has 1 aromatic carbocycles. The number of benzene rings is 1. The summed E-state index contributed by atoms with van der Waals surface area (Å²) in [4.78, 5) is 41.6. The van der Waals surface area contributed by atoms with Crippen LogP contribution in [0.15, 0.2) is 18.2 Å². The molecule has 1 aliphatic carbocycles. The molecule has 0 spiro atoms. The molecule has 1 aromatic heterocycles. The van der Waals surface area contributed by atoms with Gasteiger partial charge in [-0.25, -0.2) is 9.59 Å². The van der Waals surface area contributed by atoms with Crippen molar-refractivity contribution in [2.24, 2.45) is 10.8 Å². The van der Waals surface area contributed by atoms with E-state index in [1.54, 1.807) is 17.9 Å². The van der Waals surface area contributed by atoms with Gasteiger partial charge < -0.3 is 20.3 Å². The summed E-state index contributed by atoms with van der Waals surface area (Å²) in [7, 11) is 0. The SMILES string of the molecule is CCOC(=O)n1nc2c(c1NC(=O)C1(C(C)(C)C)CCC1)CN(C(=O)Nc1c(C)cccc1Cl)C2(C)C. The van der Waals surface area contributed by atoms with Gasteiger partial charge >= 0.3 is 12.1 Å². The number of halogens is 1. The highest BCUT2D eigenvalue weighted by Crippen LogP contribution is 2.54. The number of ether oxygens (including phenoxy) is 1. The molecule has 4 rings (SSSR count). The second kappa shape index (κ2) is 9.35. The third kappa shape index (κ3) is 4.37. The molecule has 3 amide bonds. The lowest BCUT2D eigenvalue weighted by Crippen LogP contribution is -2.51. The van der Waals surface area contributed by atoms with Crippen LogP contribution < -0.4 is 10.6 Å². The Balaban J connectivity index is 1.70. The fourth-order valence-electron chi connectivity index (χ4n) is 5.39. The average Bonchev–Trinajstić information content (AvgIpc) is 3.23. The molecule has 2 N–H and O–H groups in total. The maximum Gasteiger partial charge on any atom is 0.436 e. The number of urea groups is 1. The first kappa shape index (κ1) is 27.0. The normalized spacial score (nSPS) is 17.6. The number of aromatic nitrogens is 2. The number of carbonyl (C=O) groups is 3. The summed E-state index contributed by atoms with van der Waals surface area (Å²) >= 11 is 6.34. The fourth-order valence-corrected chi connectivity index (χ4v) is 5.65. The van der Waals surface area contributed by atoms with Gasteiger partial charge in [0.05, 0.1) is 40.5 Å². The highest BCUT2D eigenvalue weighted by molar-refractivity contribution is 6.33. The van der Waals surface area contributed by atoms with E-state index in [4.69, 9.17) is 16.3 Å². The lowest BCUT2D eigenvalue weighted by molar-refractivity contribution is -0.139. The van der Waals surface area contributed by atoms with Crippen LogP contribution in [0.1, 0.15) is 77.6 Å². The molecular formula is C27H36ClN5O4. The number of amides is 3. The van der Waals surface area contributed by atoms with Gasteiger partial charge in [0.25, 0.3) is 0 Å². The summed E-state index contributed by atoms with van der Waals surface area (Å²) in [5, 5.41) is 10.9. The number of nitrogens with one attached hydrogen (secondary N) is 2. The van der Waals surface area contributed by atoms with Crippen molar-refractivity contribution in [3.63, 3.8) is 0 Å². The van der Waals surface area contributed by atoms with Gasteiger partial charge in [0, 0.05) is 5.56 Å². The predicted molar refractivity (Wildman–Crippen MR) is 143 cm³/mol. The number of hydrogen-bond acceptors (Lipinski definition) is 5. The van der Waals surface area contributed by atoms with Crippen LogP contribution >= 0.6 is 11.6 Å². The molecule has 10 heteroatoms. The summed E-state index contributed by atoms with van der Waals surface area (Å²) in [5.41, 5.74) is 0.841. The van der Waals surface area contributed by atoms with Crippen LogP contribution in [0.3, 0.4) is 0 Å². The van der Waals surface area contributed by atoms with Gasteiger partial charge in [-0.3, -0.25) is 4.79 Å². The van der Waals surface area contributed by atoms with Gasteiger partial charge in [0.15, 0.2) is 0 Å². The van der Waals surface area contributed by atoms with E-state index < -0.39 is 17.0 Å². The summed E-state index contributed by atoms with van der Waals surface area (Å²) < 4.78 is 6.35. The molecule has 1 saturated carbocycles. The first-order chi connectivity index (χ1) is 17.2. The van der Waals surface area contributed by atoms with E-state index in [9.17, 15) is 14.4 Å². The Morgan fingerprint density at radius 1 is 1.16 bits per heavy atom. The van der Waals surface area contributed by atoms with Gasteiger partial charge in [0.1, 0.15) is 5.82 Å². The number of nitrogens with zero attached hydrogens (tertiary/aromatic N) is 3. The molecule has 2 aliphatic rings. The van der Waals surface area contributed by atoms with Gasteiger partial charge in [-0.05, 0) is 57.6 Å². The second-order valence-corrected chi connectivity index (χ2v) is 11.8. The first-order valence-electron chi connectivity index (χ1n) is 12.7. The van der Waals surface area contributed by atoms with Crippen LogP contribution in [0, 0.1) is 17.8 Å². The van der Waals surface area contributed by atoms with Crippen molar-refractivity contribution in [2.75, 3.05) is 17.2 Å². The Morgan fingerprint density at radius 3 is 2.38 bits per heavy atom. The van der Waals surface area contributed by atoms with E-state index in [2.05, 4.69) is 36.5 Å². The molecule has 200 valence electrons. The standard InChI is InChI=1S/C27H36ClN5O4/c1-8-37-24(36)33-21(30-22(34)27(13-10-14-27)25(3,4)5)17-15-32(26(6,7)20(17)31-33)23(35)29-19-16(2)11-9-12-18(19)28/h9,11-12H,8,10,13-15H2,1-7H3,(H,29,35)(H,30,34). The minimum atomic E-state index is -0.871. The van der Waals surface area contributed by atoms with Crippen LogP contribution in [0.25, 0.3) is 0 Å². The molecular weight excluding hydrogens is 494 g/mol. The van der Waals surface area contributed by atoms with Crippen LogP contribution in [0.5, 0.6) is 0 Å². The monoisotopic (exact) mass is 529 g/mol. The predicted octanol–water partition coefficient (Wildman–Crippen LogP) is 6.29. The van der Waals surface area contributed by atoms with Crippen LogP contribution in [0.2, 0.25) is 5.02 Å². The molecule has 0 atom stereocenters. The topological polar surface area (TPSA) is 106 Å². The molecule has 0 unspecified atom stereocenters. The number of hydrogen-bond donors (Lipinski definition) is 2. The molecule has 2 heterocycles. The van der Waals surface area contributed by atoms with E-state index in [-0.39, 0.29) is 36.3 Å². The van der Waals surface area contributed by atoms with Crippen molar-refractivity contribution in [1.29, 1.82) is 0 Å². The number of aryl methyl sites for hydroxylation is 1. The Hall–Kier alpha value is -3.07. The molecule has 0 saturated heterocycles. The van der Waals surface area contributed by atoms with E-state index in [1.807, 2.05) is 32.9 Å². The number of anilines is 2. The smallest absolute Gasteiger partial charge is 0.436 e. The van der Waals surface area contributed by atoms with Crippen molar-refractivity contribution in [1.82, 2.24) is 14.7 Å². The largest absolute Gasteiger partial charge is 0.448 e. The van der Waals surface area contributed by atoms with Crippen molar-refractivity contribution in [2.45, 2.75) is 79.8 Å². The van der Waals surface area contributed by atoms with Gasteiger partial charge in [-0.1, -0.05) is 50.9 Å². The molecule has 0 bridgehead atoms. The molecule has 37 heavy (non-hydrogen) atoms. The van der Waals surface area contributed by atoms with Crippen molar-refractivity contribution in [3.05, 3.63) is 40.0 Å². The quantitative estimate of drug-likeness (QED) is 0.484. The summed E-state index contributed by atoms with van der Waals surface area (Å²) in [6.07, 6.45) is 1.84. The minimum absolute atomic E-state index is 0.146. The summed E-state index contributed by atoms with van der Waals surface area (Å²) in [6.45, 7) is 13.8. The van der Waals surface area contributed by atoms with E-state index in [1.165, 1.54) is 0 Å². The van der Waals surface area contributed by atoms with Gasteiger partial charge in [-0.2, -0.15) is 5.10 Å². The second-order valence-electron chi connectivity index (χ2n) is 11.4. The minimum Gasteiger partial charge on any atom is -0.448 e. The van der Waals surface area contributed by atoms with Crippen LogP contribution in [0.4, 0.5) is 21.1 Å². The fraction of sp³-hybridized carbons (Fsp3) is 0.556. The van der Waals surface area contributed by atoms with Crippen LogP contribution in [-0.4, -0.2) is 39.3 Å². The summed E-state index contributed by atoms with van der Waals surface area (Å²) in [5.74, 6) is 0.109. The van der Waals surface area contributed by atoms with Crippen LogP contribution in [-0.2, 0) is 21.6 Å². The van der Waals surface area contributed by atoms with Gasteiger partial charge in [0.2, 0.25) is 5.91 Å². The third-order valence-electron chi connectivity index (χ3n) is 8.00. The van der Waals surface area contributed by atoms with E-state index in [0.29, 0.717) is 22.0 Å². The lowest BCUT2D eigenvalue weighted by Gasteiger charge is -2.50. The number of carbonyl (C=O) groups excluding carboxylic acids is 3. The highest BCUT2D eigenvalue weighted by Gasteiger charge is 2.53. The Kier molecular flexibility index (Phi) is 6.82. The molecule has 1 aliphatic heterocycles. The molecule has 1 fully saturated rings. The molecule has 9 nitrogen and oxygen atoms in total. The van der Waals surface area contributed by atoms with E-state index in [0.717, 1.165) is 29.5 Å². The highest BCUT2D eigenvalue weighted by atomic mass is 35.5. The third-order valence-corrected chi connectivity index (χ3v) is 8.32. The number of para-hydroxylation sites is 1. The zero-order valence-electron chi connectivity index (χ0n) is 22.6. The Bertz CT molecular complexity index is 1240. The average molecular weight is 530 g/mol. The van der Waals surface area contributed by atoms with Crippen molar-refractivity contribution in [3.8, 4) is 0 Å². The van der Waals surface area contributed by atoms with Crippen molar-refractivity contribution < 1.29 is 19.1 Å². The maximum atomic E-state index is 13.7. The van der Waals surface area contributed by atoms with E-state index >= 15 is 0 Å². The van der Waals surface area contributed by atoms with Gasteiger partial charge in [-0.15, -0.1) is 4.68 Å². The zero-order chi connectivity index (χ0) is 27.3. The number of rotatable bonds is 4. The molecule has 0 radical (unpaired) electrons. The first-order valence-corrected chi connectivity index (χ1v) is 13.1. The molecule has 2 aromatic rings.